The van der Waals surface area contributed by atoms with Gasteiger partial charge in [0.1, 0.15) is 6.61 Å². The highest BCUT2D eigenvalue weighted by molar-refractivity contribution is 6.34. The average molecular weight is 460 g/mol. The van der Waals surface area contributed by atoms with E-state index in [2.05, 4.69) is 10.1 Å². The molecular weight excluding hydrogens is 437 g/mol. The zero-order chi connectivity index (χ0) is 22.8. The third-order valence-corrected chi connectivity index (χ3v) is 4.71. The maximum atomic E-state index is 11.3. The smallest absolute Gasteiger partial charge is 0.231 e. The molecule has 1 amide bonds. The number of benzene rings is 3. The largest absolute Gasteiger partial charge is 0.398 e. The highest BCUT2D eigenvalue weighted by atomic mass is 35.5. The Morgan fingerprint density at radius 2 is 1.39 bits per heavy atom. The minimum atomic E-state index is -0.316. The Morgan fingerprint density at radius 3 is 1.84 bits per heavy atom. The summed E-state index contributed by atoms with van der Waals surface area (Å²) in [6.45, 7) is -0.0256. The maximum Gasteiger partial charge on any atom is 0.231 e. The zero-order valence-electron chi connectivity index (χ0n) is 16.9. The number of amides is 1. The maximum absolute atomic E-state index is 11.3. The van der Waals surface area contributed by atoms with Crippen LogP contribution in [0.25, 0.3) is 11.1 Å². The van der Waals surface area contributed by atoms with Crippen molar-refractivity contribution in [2.75, 3.05) is 30.5 Å². The number of para-hydroxylation sites is 1. The summed E-state index contributed by atoms with van der Waals surface area (Å²) in [6, 6.07) is 19.9. The molecule has 0 aliphatic carbocycles. The molecule has 0 saturated carbocycles. The fourth-order valence-corrected chi connectivity index (χ4v) is 2.89. The molecule has 0 saturated heterocycles. The van der Waals surface area contributed by atoms with Gasteiger partial charge in [0, 0.05) is 12.8 Å². The lowest BCUT2D eigenvalue weighted by molar-refractivity contribution is -0.127. The van der Waals surface area contributed by atoms with Crippen molar-refractivity contribution in [3.05, 3.63) is 76.8 Å². The number of ether oxygens (including phenoxy) is 1. The molecule has 8 heteroatoms. The molecule has 162 valence electrons. The number of ketones is 1. The van der Waals surface area contributed by atoms with Gasteiger partial charge in [0.2, 0.25) is 5.91 Å². The van der Waals surface area contributed by atoms with Crippen molar-refractivity contribution >= 4 is 52.0 Å². The summed E-state index contributed by atoms with van der Waals surface area (Å²) in [5.74, 6) is -0.547. The van der Waals surface area contributed by atoms with Gasteiger partial charge in [-0.05, 0) is 47.5 Å². The van der Waals surface area contributed by atoms with E-state index in [-0.39, 0.29) is 24.7 Å². The molecule has 6 nitrogen and oxygen atoms in total. The molecule has 3 aromatic carbocycles. The number of anilines is 3. The monoisotopic (exact) mass is 459 g/mol. The van der Waals surface area contributed by atoms with E-state index in [0.29, 0.717) is 27.1 Å². The lowest BCUT2D eigenvalue weighted by Crippen LogP contribution is -2.18. The summed E-state index contributed by atoms with van der Waals surface area (Å²) in [7, 11) is 1.42. The molecule has 0 aliphatic rings. The van der Waals surface area contributed by atoms with Crippen LogP contribution >= 0.6 is 23.2 Å². The van der Waals surface area contributed by atoms with Crippen LogP contribution in [0, 0.1) is 0 Å². The number of rotatable bonds is 6. The highest BCUT2D eigenvalue weighted by Gasteiger charge is 2.08. The first-order valence-electron chi connectivity index (χ1n) is 9.26. The molecule has 0 bridgehead atoms. The lowest BCUT2D eigenvalue weighted by Gasteiger charge is -2.06. The van der Waals surface area contributed by atoms with Crippen molar-refractivity contribution in [2.24, 2.45) is 0 Å². The summed E-state index contributed by atoms with van der Waals surface area (Å²) >= 11 is 11.9. The van der Waals surface area contributed by atoms with Crippen molar-refractivity contribution in [1.29, 1.82) is 0 Å². The normalized spacial score (nSPS) is 10.0. The summed E-state index contributed by atoms with van der Waals surface area (Å²) in [5.41, 5.74) is 15.0. The Balaban J connectivity index is 0.000000221. The van der Waals surface area contributed by atoms with Crippen LogP contribution in [0.5, 0.6) is 0 Å². The number of hydrogen-bond donors (Lipinski definition) is 3. The summed E-state index contributed by atoms with van der Waals surface area (Å²) in [5, 5.41) is 3.68. The zero-order valence-corrected chi connectivity index (χ0v) is 18.4. The van der Waals surface area contributed by atoms with E-state index >= 15 is 0 Å². The van der Waals surface area contributed by atoms with Gasteiger partial charge >= 0.3 is 0 Å². The number of nitrogens with one attached hydrogen (secondary N) is 1. The predicted octanol–water partition coefficient (Wildman–Crippen LogP) is 5.06. The number of carbonyl (C=O) groups is 2. The molecule has 0 unspecified atom stereocenters. The molecule has 0 aromatic heterocycles. The summed E-state index contributed by atoms with van der Waals surface area (Å²) in [4.78, 5) is 22.4. The van der Waals surface area contributed by atoms with Gasteiger partial charge in [0.05, 0.1) is 27.8 Å². The first-order valence-corrected chi connectivity index (χ1v) is 10.0. The topological polar surface area (TPSA) is 107 Å². The number of halogens is 2. The van der Waals surface area contributed by atoms with E-state index in [1.54, 1.807) is 36.4 Å². The van der Waals surface area contributed by atoms with Gasteiger partial charge in [0.15, 0.2) is 5.78 Å². The van der Waals surface area contributed by atoms with Gasteiger partial charge in [-0.15, -0.1) is 0 Å². The van der Waals surface area contributed by atoms with Crippen LogP contribution in [0.3, 0.4) is 0 Å². The predicted molar refractivity (Wildman–Crippen MR) is 127 cm³/mol. The van der Waals surface area contributed by atoms with Crippen LogP contribution in [0.1, 0.15) is 6.42 Å². The van der Waals surface area contributed by atoms with Crippen molar-refractivity contribution < 1.29 is 14.3 Å². The molecule has 0 heterocycles. The Hall–Kier alpha value is -3.06. The second-order valence-electron chi connectivity index (χ2n) is 6.54. The fourth-order valence-electron chi connectivity index (χ4n) is 2.53. The minimum Gasteiger partial charge on any atom is -0.398 e. The molecule has 0 aliphatic heterocycles. The molecule has 0 fully saturated rings. The Kier molecular flexibility index (Phi) is 9.34. The molecule has 0 radical (unpaired) electrons. The van der Waals surface area contributed by atoms with Crippen LogP contribution in [0.4, 0.5) is 17.1 Å². The second kappa shape index (κ2) is 12.0. The van der Waals surface area contributed by atoms with Crippen LogP contribution in [-0.2, 0) is 14.3 Å². The number of hydrogen-bond acceptors (Lipinski definition) is 5. The van der Waals surface area contributed by atoms with E-state index < -0.39 is 0 Å². The SMILES string of the molecule is COCC(=O)CC(=O)Nc1ccccc1.Nc1ccc(-c2ccc(N)c(Cl)c2)cc1Cl. The summed E-state index contributed by atoms with van der Waals surface area (Å²) < 4.78 is 4.63. The number of methoxy groups -OCH3 is 1. The number of nitrogens with two attached hydrogens (primary N) is 2. The van der Waals surface area contributed by atoms with Gasteiger partial charge in [-0.2, -0.15) is 0 Å². The van der Waals surface area contributed by atoms with E-state index in [4.69, 9.17) is 34.7 Å². The Labute approximate surface area is 191 Å². The molecule has 5 N–H and O–H groups in total. The highest BCUT2D eigenvalue weighted by Crippen LogP contribution is 2.30. The van der Waals surface area contributed by atoms with Crippen molar-refractivity contribution in [3.8, 4) is 11.1 Å². The molecule has 31 heavy (non-hydrogen) atoms. The summed E-state index contributed by atoms with van der Waals surface area (Å²) in [6.07, 6.45) is -0.150. The van der Waals surface area contributed by atoms with Gasteiger partial charge in [-0.25, -0.2) is 0 Å². The third-order valence-electron chi connectivity index (χ3n) is 4.05. The average Bonchev–Trinajstić information content (AvgIpc) is 2.73. The third kappa shape index (κ3) is 7.94. The minimum absolute atomic E-state index is 0.0256. The van der Waals surface area contributed by atoms with E-state index in [0.717, 1.165) is 11.1 Å². The second-order valence-corrected chi connectivity index (χ2v) is 7.35. The molecule has 0 atom stereocenters. The number of Topliss-reactive ketones (excluding diaryl/α,β-unsaturated/α-hetero) is 1. The molecule has 0 spiro atoms. The number of carbonyl (C=O) groups excluding carboxylic acids is 2. The van der Waals surface area contributed by atoms with Crippen LogP contribution in [0.15, 0.2) is 66.7 Å². The van der Waals surface area contributed by atoms with Gasteiger partial charge < -0.3 is 21.5 Å². The number of nitrogen functional groups attached to an aromatic ring is 2. The molecule has 3 rings (SSSR count). The van der Waals surface area contributed by atoms with Crippen molar-refractivity contribution in [2.45, 2.75) is 6.42 Å². The van der Waals surface area contributed by atoms with Crippen molar-refractivity contribution in [3.63, 3.8) is 0 Å². The lowest BCUT2D eigenvalue weighted by atomic mass is 10.1. The van der Waals surface area contributed by atoms with Crippen LogP contribution in [0.2, 0.25) is 10.0 Å². The standard InChI is InChI=1S/C12H10Cl2N2.C11H13NO3/c13-9-5-7(1-3-11(9)15)8-2-4-12(16)10(14)6-8;1-15-8-10(13)7-11(14)12-9-5-3-2-4-6-9/h1-6H,15-16H2;2-6H,7-8H2,1H3,(H,12,14). The van der Waals surface area contributed by atoms with E-state index in [1.165, 1.54) is 7.11 Å². The van der Waals surface area contributed by atoms with Gasteiger partial charge in [-0.1, -0.05) is 53.5 Å². The fraction of sp³-hybridized carbons (Fsp3) is 0.130. The van der Waals surface area contributed by atoms with E-state index in [1.807, 2.05) is 30.3 Å². The Bertz CT molecular complexity index is 994. The molecule has 3 aromatic rings. The Morgan fingerprint density at radius 1 is 0.871 bits per heavy atom. The first-order chi connectivity index (χ1) is 14.8. The van der Waals surface area contributed by atoms with Gasteiger partial charge in [-0.3, -0.25) is 9.59 Å². The van der Waals surface area contributed by atoms with Crippen LogP contribution in [-0.4, -0.2) is 25.4 Å². The van der Waals surface area contributed by atoms with Crippen LogP contribution < -0.4 is 16.8 Å². The van der Waals surface area contributed by atoms with E-state index in [9.17, 15) is 9.59 Å². The van der Waals surface area contributed by atoms with Gasteiger partial charge in [0.25, 0.3) is 0 Å². The first kappa shape index (κ1) is 24.2. The quantitative estimate of drug-likeness (QED) is 0.352. The van der Waals surface area contributed by atoms with Crippen molar-refractivity contribution in [1.82, 2.24) is 0 Å². The molecular formula is C23H23Cl2N3O3.